The summed E-state index contributed by atoms with van der Waals surface area (Å²) >= 11 is 0. The second kappa shape index (κ2) is 8.46. The Morgan fingerprint density at radius 1 is 1.33 bits per heavy atom. The average molecular weight is 296 g/mol. The summed E-state index contributed by atoms with van der Waals surface area (Å²) in [6.45, 7) is 6.70. The Hall–Kier alpha value is -1.82. The first-order valence-electron chi connectivity index (χ1n) is 7.10. The fourth-order valence-electron chi connectivity index (χ4n) is 1.81. The molecule has 0 spiro atoms. The SMILES string of the molecule is CCOC(=O)CN(CC(=O)N(C)Cc1ccco1)C(C)C. The summed E-state index contributed by atoms with van der Waals surface area (Å²) in [4.78, 5) is 27.1. The van der Waals surface area contributed by atoms with E-state index in [1.54, 1.807) is 36.1 Å². The molecule has 21 heavy (non-hydrogen) atoms. The summed E-state index contributed by atoms with van der Waals surface area (Å²) in [5.74, 6) is 0.351. The minimum atomic E-state index is -0.312. The molecule has 6 nitrogen and oxygen atoms in total. The molecule has 0 fully saturated rings. The van der Waals surface area contributed by atoms with Crippen LogP contribution in [0.2, 0.25) is 0 Å². The molecule has 0 atom stereocenters. The predicted octanol–water partition coefficient (Wildman–Crippen LogP) is 1.51. The van der Waals surface area contributed by atoms with Gasteiger partial charge in [0.25, 0.3) is 0 Å². The number of carbonyl (C=O) groups is 2. The number of carbonyl (C=O) groups excluding carboxylic acids is 2. The van der Waals surface area contributed by atoms with Crippen LogP contribution in [0.1, 0.15) is 26.5 Å². The van der Waals surface area contributed by atoms with E-state index in [4.69, 9.17) is 9.15 Å². The van der Waals surface area contributed by atoms with Crippen molar-refractivity contribution in [2.75, 3.05) is 26.7 Å². The van der Waals surface area contributed by atoms with E-state index in [9.17, 15) is 9.59 Å². The first kappa shape index (κ1) is 17.2. The molecule has 0 unspecified atom stereocenters. The van der Waals surface area contributed by atoms with Crippen LogP contribution in [-0.2, 0) is 20.9 Å². The fraction of sp³-hybridized carbons (Fsp3) is 0.600. The summed E-state index contributed by atoms with van der Waals surface area (Å²) in [6, 6.07) is 3.69. The van der Waals surface area contributed by atoms with Crippen molar-refractivity contribution in [3.8, 4) is 0 Å². The maximum atomic E-state index is 12.2. The summed E-state index contributed by atoms with van der Waals surface area (Å²) in [5, 5.41) is 0. The third-order valence-electron chi connectivity index (χ3n) is 3.11. The Morgan fingerprint density at radius 2 is 2.05 bits per heavy atom. The maximum Gasteiger partial charge on any atom is 0.320 e. The first-order chi connectivity index (χ1) is 9.93. The third-order valence-corrected chi connectivity index (χ3v) is 3.11. The lowest BCUT2D eigenvalue weighted by molar-refractivity contribution is -0.145. The molecular weight excluding hydrogens is 272 g/mol. The van der Waals surface area contributed by atoms with Crippen LogP contribution in [0, 0.1) is 0 Å². The molecule has 0 aliphatic rings. The van der Waals surface area contributed by atoms with Crippen molar-refractivity contribution in [3.05, 3.63) is 24.2 Å². The smallest absolute Gasteiger partial charge is 0.320 e. The summed E-state index contributed by atoms with van der Waals surface area (Å²) in [5.41, 5.74) is 0. The van der Waals surface area contributed by atoms with Gasteiger partial charge in [-0.15, -0.1) is 0 Å². The van der Waals surface area contributed by atoms with Crippen molar-refractivity contribution in [1.29, 1.82) is 0 Å². The molecule has 1 aromatic rings. The molecule has 1 heterocycles. The number of ether oxygens (including phenoxy) is 1. The van der Waals surface area contributed by atoms with Crippen LogP contribution in [0.4, 0.5) is 0 Å². The number of hydrogen-bond acceptors (Lipinski definition) is 5. The minimum Gasteiger partial charge on any atom is -0.467 e. The van der Waals surface area contributed by atoms with Crippen LogP contribution in [0.25, 0.3) is 0 Å². The summed E-state index contributed by atoms with van der Waals surface area (Å²) in [6.07, 6.45) is 1.58. The van der Waals surface area contributed by atoms with Crippen LogP contribution in [0.3, 0.4) is 0 Å². The zero-order chi connectivity index (χ0) is 15.8. The maximum absolute atomic E-state index is 12.2. The second-order valence-electron chi connectivity index (χ2n) is 5.13. The van der Waals surface area contributed by atoms with E-state index in [2.05, 4.69) is 0 Å². The number of rotatable bonds is 8. The van der Waals surface area contributed by atoms with Gasteiger partial charge in [-0.1, -0.05) is 0 Å². The van der Waals surface area contributed by atoms with Crippen molar-refractivity contribution < 1.29 is 18.7 Å². The van der Waals surface area contributed by atoms with Crippen molar-refractivity contribution in [3.63, 3.8) is 0 Å². The lowest BCUT2D eigenvalue weighted by Gasteiger charge is -2.27. The van der Waals surface area contributed by atoms with Crippen LogP contribution in [-0.4, -0.2) is 54.5 Å². The Labute approximate surface area is 125 Å². The van der Waals surface area contributed by atoms with E-state index in [0.717, 1.165) is 5.76 Å². The van der Waals surface area contributed by atoms with Gasteiger partial charge in [-0.2, -0.15) is 0 Å². The number of furan rings is 1. The number of hydrogen-bond donors (Lipinski definition) is 0. The molecule has 0 saturated carbocycles. The van der Waals surface area contributed by atoms with Gasteiger partial charge in [0.2, 0.25) is 5.91 Å². The third kappa shape index (κ3) is 5.99. The Balaban J connectivity index is 2.53. The van der Waals surface area contributed by atoms with Crippen LogP contribution in [0.5, 0.6) is 0 Å². The Morgan fingerprint density at radius 3 is 2.57 bits per heavy atom. The van der Waals surface area contributed by atoms with E-state index in [-0.39, 0.29) is 31.0 Å². The number of nitrogens with zero attached hydrogens (tertiary/aromatic N) is 2. The van der Waals surface area contributed by atoms with Gasteiger partial charge in [0.05, 0.1) is 32.5 Å². The molecule has 118 valence electrons. The average Bonchev–Trinajstić information content (AvgIpc) is 2.90. The number of likely N-dealkylation sites (N-methyl/N-ethyl adjacent to an activating group) is 1. The molecule has 0 N–H and O–H groups in total. The zero-order valence-electron chi connectivity index (χ0n) is 13.2. The number of amides is 1. The van der Waals surface area contributed by atoms with Crippen molar-refractivity contribution in [2.24, 2.45) is 0 Å². The van der Waals surface area contributed by atoms with E-state index < -0.39 is 0 Å². The van der Waals surface area contributed by atoms with Gasteiger partial charge >= 0.3 is 5.97 Å². The van der Waals surface area contributed by atoms with Crippen molar-refractivity contribution >= 4 is 11.9 Å². The summed E-state index contributed by atoms with van der Waals surface area (Å²) in [7, 11) is 1.72. The van der Waals surface area contributed by atoms with Crippen LogP contribution in [0.15, 0.2) is 22.8 Å². The fourth-order valence-corrected chi connectivity index (χ4v) is 1.81. The summed E-state index contributed by atoms with van der Waals surface area (Å²) < 4.78 is 10.2. The highest BCUT2D eigenvalue weighted by atomic mass is 16.5. The highest BCUT2D eigenvalue weighted by Crippen LogP contribution is 2.06. The molecule has 0 radical (unpaired) electrons. The molecular formula is C15H24N2O4. The Kier molecular flexibility index (Phi) is 6.94. The predicted molar refractivity (Wildman–Crippen MR) is 78.5 cm³/mol. The van der Waals surface area contributed by atoms with Gasteiger partial charge in [0.1, 0.15) is 5.76 Å². The molecule has 0 bridgehead atoms. The number of esters is 1. The minimum absolute atomic E-state index is 0.0654. The van der Waals surface area contributed by atoms with Crippen LogP contribution < -0.4 is 0 Å². The standard InChI is InChI=1S/C15H24N2O4/c1-5-20-15(19)11-17(12(2)3)10-14(18)16(4)9-13-7-6-8-21-13/h6-8,12H,5,9-11H2,1-4H3. The highest BCUT2D eigenvalue weighted by molar-refractivity contribution is 5.79. The molecule has 0 saturated heterocycles. The van der Waals surface area contributed by atoms with Crippen molar-refractivity contribution in [2.45, 2.75) is 33.4 Å². The molecule has 0 aliphatic carbocycles. The van der Waals surface area contributed by atoms with Gasteiger partial charge in [0, 0.05) is 13.1 Å². The lowest BCUT2D eigenvalue weighted by atomic mass is 10.3. The van der Waals surface area contributed by atoms with Gasteiger partial charge in [-0.3, -0.25) is 14.5 Å². The van der Waals surface area contributed by atoms with Gasteiger partial charge in [-0.25, -0.2) is 0 Å². The van der Waals surface area contributed by atoms with E-state index in [1.807, 2.05) is 19.9 Å². The van der Waals surface area contributed by atoms with Crippen LogP contribution >= 0.6 is 0 Å². The quantitative estimate of drug-likeness (QED) is 0.680. The molecule has 1 rings (SSSR count). The van der Waals surface area contributed by atoms with Crippen molar-refractivity contribution in [1.82, 2.24) is 9.80 Å². The lowest BCUT2D eigenvalue weighted by Crippen LogP contribution is -2.44. The van der Waals surface area contributed by atoms with Gasteiger partial charge < -0.3 is 14.1 Å². The largest absolute Gasteiger partial charge is 0.467 e. The molecule has 0 aliphatic heterocycles. The van der Waals surface area contributed by atoms with E-state index >= 15 is 0 Å². The van der Waals surface area contributed by atoms with E-state index in [0.29, 0.717) is 13.2 Å². The highest BCUT2D eigenvalue weighted by Gasteiger charge is 2.20. The molecule has 0 aromatic carbocycles. The second-order valence-corrected chi connectivity index (χ2v) is 5.13. The van der Waals surface area contributed by atoms with E-state index in [1.165, 1.54) is 0 Å². The Bertz CT molecular complexity index is 443. The normalized spacial score (nSPS) is 11.0. The first-order valence-corrected chi connectivity index (χ1v) is 7.10. The van der Waals surface area contributed by atoms with Gasteiger partial charge in [0.15, 0.2) is 0 Å². The van der Waals surface area contributed by atoms with Gasteiger partial charge in [-0.05, 0) is 32.9 Å². The topological polar surface area (TPSA) is 63.0 Å². The monoisotopic (exact) mass is 296 g/mol. The molecule has 1 amide bonds. The molecule has 6 heteroatoms. The zero-order valence-corrected chi connectivity index (χ0v) is 13.2. The molecule has 1 aromatic heterocycles.